The quantitative estimate of drug-likeness (QED) is 0.852. The molecule has 0 spiro atoms. The molecule has 4 nitrogen and oxygen atoms in total. The molecule has 0 radical (unpaired) electrons. The number of hydrogen-bond acceptors (Lipinski definition) is 4. The molecule has 2 rings (SSSR count). The molecule has 0 aliphatic rings. The SMILES string of the molecule is CCCNc1nc(NCc2ccncc2)c(F)cc1F. The van der Waals surface area contributed by atoms with Crippen LogP contribution in [0.15, 0.2) is 30.6 Å². The van der Waals surface area contributed by atoms with Gasteiger partial charge in [0.2, 0.25) is 0 Å². The van der Waals surface area contributed by atoms with Crippen molar-refractivity contribution in [1.82, 2.24) is 9.97 Å². The minimum atomic E-state index is -0.710. The van der Waals surface area contributed by atoms with E-state index in [0.29, 0.717) is 13.1 Å². The number of nitrogens with zero attached hydrogens (tertiary/aromatic N) is 2. The molecule has 2 heterocycles. The number of anilines is 2. The standard InChI is InChI=1S/C14H16F2N4/c1-2-5-18-13-11(15)8-12(16)14(20-13)19-9-10-3-6-17-7-4-10/h3-4,6-8H,2,5,9H2,1H3,(H2,18,19,20). The summed E-state index contributed by atoms with van der Waals surface area (Å²) in [5.74, 6) is -1.31. The van der Waals surface area contributed by atoms with Crippen LogP contribution < -0.4 is 10.6 Å². The number of halogens is 2. The highest BCUT2D eigenvalue weighted by molar-refractivity contribution is 5.47. The zero-order valence-corrected chi connectivity index (χ0v) is 11.2. The molecule has 0 bridgehead atoms. The fourth-order valence-electron chi connectivity index (χ4n) is 1.64. The van der Waals surface area contributed by atoms with Crippen molar-refractivity contribution in [2.24, 2.45) is 0 Å². The number of nitrogens with one attached hydrogen (secondary N) is 2. The lowest BCUT2D eigenvalue weighted by atomic mass is 10.2. The van der Waals surface area contributed by atoms with Gasteiger partial charge in [-0.1, -0.05) is 6.92 Å². The Morgan fingerprint density at radius 2 is 1.70 bits per heavy atom. The third kappa shape index (κ3) is 3.63. The summed E-state index contributed by atoms with van der Waals surface area (Å²) < 4.78 is 27.2. The van der Waals surface area contributed by atoms with Crippen LogP contribution in [-0.2, 0) is 6.54 Å². The molecule has 0 amide bonds. The van der Waals surface area contributed by atoms with E-state index in [9.17, 15) is 8.78 Å². The minimum Gasteiger partial charge on any atom is -0.368 e. The molecule has 6 heteroatoms. The van der Waals surface area contributed by atoms with Gasteiger partial charge in [0, 0.05) is 31.5 Å². The summed E-state index contributed by atoms with van der Waals surface area (Å²) in [4.78, 5) is 7.84. The average Bonchev–Trinajstić information content (AvgIpc) is 2.46. The highest BCUT2D eigenvalue weighted by atomic mass is 19.1. The predicted molar refractivity (Wildman–Crippen MR) is 74.5 cm³/mol. The molecule has 0 atom stereocenters. The molecule has 0 unspecified atom stereocenters. The first-order chi connectivity index (χ1) is 9.70. The Bertz CT molecular complexity index is 561. The van der Waals surface area contributed by atoms with Crippen LogP contribution in [0.2, 0.25) is 0 Å². The Balaban J connectivity index is 2.10. The Labute approximate surface area is 116 Å². The second-order valence-electron chi connectivity index (χ2n) is 4.29. The lowest BCUT2D eigenvalue weighted by Gasteiger charge is -2.10. The number of rotatable bonds is 6. The highest BCUT2D eigenvalue weighted by Crippen LogP contribution is 2.19. The van der Waals surface area contributed by atoms with Gasteiger partial charge in [0.15, 0.2) is 23.3 Å². The van der Waals surface area contributed by atoms with Crippen LogP contribution in [0.1, 0.15) is 18.9 Å². The predicted octanol–water partition coefficient (Wildman–Crippen LogP) is 3.19. The fourth-order valence-corrected chi connectivity index (χ4v) is 1.64. The van der Waals surface area contributed by atoms with Crippen LogP contribution in [0.4, 0.5) is 20.4 Å². The van der Waals surface area contributed by atoms with Crippen molar-refractivity contribution in [3.8, 4) is 0 Å². The van der Waals surface area contributed by atoms with Crippen molar-refractivity contribution < 1.29 is 8.78 Å². The van der Waals surface area contributed by atoms with Gasteiger partial charge < -0.3 is 10.6 Å². The topological polar surface area (TPSA) is 49.8 Å². The largest absolute Gasteiger partial charge is 0.368 e. The van der Waals surface area contributed by atoms with E-state index in [1.807, 2.05) is 19.1 Å². The normalized spacial score (nSPS) is 10.3. The second-order valence-corrected chi connectivity index (χ2v) is 4.29. The second kappa shape index (κ2) is 6.79. The van der Waals surface area contributed by atoms with Crippen LogP contribution in [-0.4, -0.2) is 16.5 Å². The van der Waals surface area contributed by atoms with Crippen molar-refractivity contribution in [1.29, 1.82) is 0 Å². The van der Waals surface area contributed by atoms with Gasteiger partial charge in [-0.05, 0) is 24.1 Å². The molecular weight excluding hydrogens is 262 g/mol. The summed E-state index contributed by atoms with van der Waals surface area (Å²) in [7, 11) is 0. The van der Waals surface area contributed by atoms with E-state index < -0.39 is 11.6 Å². The maximum absolute atomic E-state index is 13.7. The number of hydrogen-bond donors (Lipinski definition) is 2. The van der Waals surface area contributed by atoms with E-state index >= 15 is 0 Å². The number of pyridine rings is 2. The lowest BCUT2D eigenvalue weighted by molar-refractivity contribution is 0.577. The highest BCUT2D eigenvalue weighted by Gasteiger charge is 2.11. The Hall–Kier alpha value is -2.24. The van der Waals surface area contributed by atoms with Gasteiger partial charge in [0.1, 0.15) is 0 Å². The minimum absolute atomic E-state index is 0.0295. The third-order valence-electron chi connectivity index (χ3n) is 2.68. The molecule has 20 heavy (non-hydrogen) atoms. The molecule has 0 aliphatic heterocycles. The van der Waals surface area contributed by atoms with Crippen molar-refractivity contribution in [2.45, 2.75) is 19.9 Å². The average molecular weight is 278 g/mol. The molecule has 0 aliphatic carbocycles. The third-order valence-corrected chi connectivity index (χ3v) is 2.68. The maximum atomic E-state index is 13.7. The van der Waals surface area contributed by atoms with Crippen molar-refractivity contribution in [3.63, 3.8) is 0 Å². The van der Waals surface area contributed by atoms with E-state index in [1.54, 1.807) is 12.4 Å². The summed E-state index contributed by atoms with van der Waals surface area (Å²) in [5.41, 5.74) is 0.939. The van der Waals surface area contributed by atoms with E-state index in [4.69, 9.17) is 0 Å². The van der Waals surface area contributed by atoms with Crippen LogP contribution in [0.5, 0.6) is 0 Å². The molecular formula is C14H16F2N4. The van der Waals surface area contributed by atoms with Gasteiger partial charge in [-0.3, -0.25) is 4.98 Å². The Kier molecular flexibility index (Phi) is 4.81. The molecule has 0 saturated heterocycles. The summed E-state index contributed by atoms with van der Waals surface area (Å²) >= 11 is 0. The molecule has 106 valence electrons. The van der Waals surface area contributed by atoms with Crippen molar-refractivity contribution in [2.75, 3.05) is 17.2 Å². The molecule has 0 fully saturated rings. The first-order valence-electron chi connectivity index (χ1n) is 6.43. The van der Waals surface area contributed by atoms with Crippen molar-refractivity contribution >= 4 is 11.6 Å². The molecule has 2 aromatic rings. The van der Waals surface area contributed by atoms with Gasteiger partial charge in [0.25, 0.3) is 0 Å². The fraction of sp³-hybridized carbons (Fsp3) is 0.286. The summed E-state index contributed by atoms with van der Waals surface area (Å²) in [6.45, 7) is 2.93. The van der Waals surface area contributed by atoms with E-state index in [2.05, 4.69) is 20.6 Å². The molecule has 2 aromatic heterocycles. The van der Waals surface area contributed by atoms with Crippen LogP contribution in [0.3, 0.4) is 0 Å². The first kappa shape index (κ1) is 14.2. The monoisotopic (exact) mass is 278 g/mol. The van der Waals surface area contributed by atoms with Gasteiger partial charge in [-0.25, -0.2) is 13.8 Å². The molecule has 0 saturated carbocycles. The lowest BCUT2D eigenvalue weighted by Crippen LogP contribution is -2.09. The summed E-state index contributed by atoms with van der Waals surface area (Å²) in [5, 5.41) is 5.68. The van der Waals surface area contributed by atoms with E-state index in [0.717, 1.165) is 18.1 Å². The van der Waals surface area contributed by atoms with Crippen LogP contribution in [0.25, 0.3) is 0 Å². The Morgan fingerprint density at radius 3 is 2.35 bits per heavy atom. The van der Waals surface area contributed by atoms with Gasteiger partial charge in [0.05, 0.1) is 0 Å². The molecule has 0 aromatic carbocycles. The van der Waals surface area contributed by atoms with E-state index in [1.165, 1.54) is 0 Å². The van der Waals surface area contributed by atoms with Gasteiger partial charge in [-0.15, -0.1) is 0 Å². The zero-order chi connectivity index (χ0) is 14.4. The molecule has 2 N–H and O–H groups in total. The number of aromatic nitrogens is 2. The van der Waals surface area contributed by atoms with E-state index in [-0.39, 0.29) is 11.6 Å². The summed E-state index contributed by atoms with van der Waals surface area (Å²) in [6.07, 6.45) is 4.14. The first-order valence-corrected chi connectivity index (χ1v) is 6.43. The van der Waals surface area contributed by atoms with Gasteiger partial charge >= 0.3 is 0 Å². The summed E-state index contributed by atoms with van der Waals surface area (Å²) in [6, 6.07) is 4.45. The smallest absolute Gasteiger partial charge is 0.168 e. The maximum Gasteiger partial charge on any atom is 0.168 e. The van der Waals surface area contributed by atoms with Crippen molar-refractivity contribution in [3.05, 3.63) is 47.8 Å². The zero-order valence-electron chi connectivity index (χ0n) is 11.2. The Morgan fingerprint density at radius 1 is 1.05 bits per heavy atom. The van der Waals surface area contributed by atoms with Crippen LogP contribution in [0, 0.1) is 11.6 Å². The van der Waals surface area contributed by atoms with Gasteiger partial charge in [-0.2, -0.15) is 0 Å². The van der Waals surface area contributed by atoms with Crippen LogP contribution >= 0.6 is 0 Å².